The third kappa shape index (κ3) is 4.87. The van der Waals surface area contributed by atoms with Crippen molar-refractivity contribution in [2.24, 2.45) is 17.8 Å². The van der Waals surface area contributed by atoms with Crippen LogP contribution in [-0.4, -0.2) is 37.0 Å². The molecular weight excluding hydrogens is 226 g/mol. The van der Waals surface area contributed by atoms with Crippen LogP contribution in [0.15, 0.2) is 0 Å². The molecule has 0 aromatic heterocycles. The van der Waals surface area contributed by atoms with Crippen LogP contribution in [0.5, 0.6) is 0 Å². The normalized spacial score (nSPS) is 34.5. The molecule has 2 aliphatic carbocycles. The molecule has 4 unspecified atom stereocenters. The second-order valence-corrected chi connectivity index (χ2v) is 6.51. The molecule has 0 saturated heterocycles. The lowest BCUT2D eigenvalue weighted by atomic mass is 9.79. The number of rotatable bonds is 7. The molecule has 3 nitrogen and oxygen atoms in total. The standard InChI is InChI=1S/C15H29NO2/c1-11-3-6-14(7-12(11)2)16-8-15(17)10-18-9-13-4-5-13/h11-17H,3-10H2,1-2H3. The van der Waals surface area contributed by atoms with Crippen LogP contribution in [0, 0.1) is 17.8 Å². The van der Waals surface area contributed by atoms with E-state index in [1.54, 1.807) is 0 Å². The molecule has 2 saturated carbocycles. The first-order valence-corrected chi connectivity index (χ1v) is 7.64. The maximum absolute atomic E-state index is 9.84. The average molecular weight is 255 g/mol. The summed E-state index contributed by atoms with van der Waals surface area (Å²) in [6.07, 6.45) is 6.09. The highest BCUT2D eigenvalue weighted by molar-refractivity contribution is 4.80. The molecule has 0 aromatic carbocycles. The summed E-state index contributed by atoms with van der Waals surface area (Å²) in [6, 6.07) is 0.592. The predicted octanol–water partition coefficient (Wildman–Crippen LogP) is 2.19. The van der Waals surface area contributed by atoms with E-state index >= 15 is 0 Å². The van der Waals surface area contributed by atoms with E-state index < -0.39 is 0 Å². The molecule has 0 heterocycles. The molecule has 0 bridgehead atoms. The van der Waals surface area contributed by atoms with Crippen molar-refractivity contribution in [1.82, 2.24) is 5.32 Å². The lowest BCUT2D eigenvalue weighted by Crippen LogP contribution is -2.41. The van der Waals surface area contributed by atoms with Crippen LogP contribution >= 0.6 is 0 Å². The van der Waals surface area contributed by atoms with Gasteiger partial charge in [0.25, 0.3) is 0 Å². The number of hydrogen-bond donors (Lipinski definition) is 2. The molecule has 2 N–H and O–H groups in total. The smallest absolute Gasteiger partial charge is 0.0897 e. The lowest BCUT2D eigenvalue weighted by molar-refractivity contribution is 0.0298. The van der Waals surface area contributed by atoms with Crippen molar-refractivity contribution >= 4 is 0 Å². The third-order valence-electron chi connectivity index (χ3n) is 4.60. The number of aliphatic hydroxyl groups is 1. The minimum absolute atomic E-state index is 0.349. The van der Waals surface area contributed by atoms with Gasteiger partial charge in [-0.05, 0) is 49.9 Å². The van der Waals surface area contributed by atoms with Crippen LogP contribution in [0.1, 0.15) is 46.0 Å². The maximum atomic E-state index is 9.84. The summed E-state index contributed by atoms with van der Waals surface area (Å²) in [5.41, 5.74) is 0. The first kappa shape index (κ1) is 14.3. The highest BCUT2D eigenvalue weighted by Gasteiger charge is 2.25. The summed E-state index contributed by atoms with van der Waals surface area (Å²) >= 11 is 0. The molecule has 3 heteroatoms. The summed E-state index contributed by atoms with van der Waals surface area (Å²) in [5, 5.41) is 13.3. The van der Waals surface area contributed by atoms with Crippen molar-refractivity contribution in [2.75, 3.05) is 19.8 Å². The van der Waals surface area contributed by atoms with Gasteiger partial charge >= 0.3 is 0 Å². The largest absolute Gasteiger partial charge is 0.389 e. The van der Waals surface area contributed by atoms with E-state index in [1.807, 2.05) is 0 Å². The zero-order valence-electron chi connectivity index (χ0n) is 11.9. The minimum Gasteiger partial charge on any atom is -0.389 e. The minimum atomic E-state index is -0.349. The lowest BCUT2D eigenvalue weighted by Gasteiger charge is -2.33. The van der Waals surface area contributed by atoms with Crippen LogP contribution in [0.2, 0.25) is 0 Å². The zero-order valence-corrected chi connectivity index (χ0v) is 11.9. The van der Waals surface area contributed by atoms with Crippen LogP contribution in [0.4, 0.5) is 0 Å². The predicted molar refractivity (Wildman–Crippen MR) is 73.5 cm³/mol. The van der Waals surface area contributed by atoms with Crippen LogP contribution in [0.3, 0.4) is 0 Å². The van der Waals surface area contributed by atoms with E-state index in [2.05, 4.69) is 19.2 Å². The van der Waals surface area contributed by atoms with Crippen molar-refractivity contribution in [3.8, 4) is 0 Å². The van der Waals surface area contributed by atoms with Crippen LogP contribution in [0.25, 0.3) is 0 Å². The van der Waals surface area contributed by atoms with Crippen molar-refractivity contribution in [1.29, 1.82) is 0 Å². The Bertz CT molecular complexity index is 243. The maximum Gasteiger partial charge on any atom is 0.0897 e. The number of hydrogen-bond acceptors (Lipinski definition) is 3. The van der Waals surface area contributed by atoms with Gasteiger partial charge in [0.15, 0.2) is 0 Å². The van der Waals surface area contributed by atoms with Gasteiger partial charge in [-0.25, -0.2) is 0 Å². The molecule has 0 radical (unpaired) electrons. The highest BCUT2D eigenvalue weighted by Crippen LogP contribution is 2.29. The van der Waals surface area contributed by atoms with E-state index in [0.717, 1.165) is 24.4 Å². The molecule has 0 spiro atoms. The fraction of sp³-hybridized carbons (Fsp3) is 1.00. The Hall–Kier alpha value is -0.120. The molecule has 2 aliphatic rings. The molecule has 2 rings (SSSR count). The monoisotopic (exact) mass is 255 g/mol. The molecule has 106 valence electrons. The molecule has 4 atom stereocenters. The average Bonchev–Trinajstić information content (AvgIpc) is 3.15. The Labute approximate surface area is 111 Å². The fourth-order valence-electron chi connectivity index (χ4n) is 2.75. The quantitative estimate of drug-likeness (QED) is 0.733. The van der Waals surface area contributed by atoms with Crippen molar-refractivity contribution in [3.63, 3.8) is 0 Å². The first-order chi connectivity index (χ1) is 8.65. The van der Waals surface area contributed by atoms with Gasteiger partial charge in [0.1, 0.15) is 0 Å². The Balaban J connectivity index is 1.52. The van der Waals surface area contributed by atoms with Crippen molar-refractivity contribution in [3.05, 3.63) is 0 Å². The second kappa shape index (κ2) is 6.88. The van der Waals surface area contributed by atoms with Crippen LogP contribution < -0.4 is 5.32 Å². The Morgan fingerprint density at radius 2 is 1.94 bits per heavy atom. The van der Waals surface area contributed by atoms with Gasteiger partial charge in [-0.2, -0.15) is 0 Å². The van der Waals surface area contributed by atoms with Gasteiger partial charge in [0.05, 0.1) is 12.7 Å². The van der Waals surface area contributed by atoms with E-state index in [4.69, 9.17) is 4.74 Å². The first-order valence-electron chi connectivity index (χ1n) is 7.64. The molecule has 0 aliphatic heterocycles. The van der Waals surface area contributed by atoms with Gasteiger partial charge < -0.3 is 15.2 Å². The van der Waals surface area contributed by atoms with E-state index in [0.29, 0.717) is 19.2 Å². The Kier molecular flexibility index (Phi) is 5.46. The fourth-order valence-corrected chi connectivity index (χ4v) is 2.75. The summed E-state index contributed by atoms with van der Waals surface area (Å²) in [5.74, 6) is 2.44. The van der Waals surface area contributed by atoms with Crippen molar-refractivity contribution < 1.29 is 9.84 Å². The van der Waals surface area contributed by atoms with E-state index in [-0.39, 0.29) is 6.10 Å². The van der Waals surface area contributed by atoms with Gasteiger partial charge in [0.2, 0.25) is 0 Å². The van der Waals surface area contributed by atoms with Gasteiger partial charge in [0, 0.05) is 19.2 Å². The third-order valence-corrected chi connectivity index (χ3v) is 4.60. The summed E-state index contributed by atoms with van der Waals surface area (Å²) in [7, 11) is 0. The second-order valence-electron chi connectivity index (χ2n) is 6.51. The highest BCUT2D eigenvalue weighted by atomic mass is 16.5. The summed E-state index contributed by atoms with van der Waals surface area (Å²) in [4.78, 5) is 0. The van der Waals surface area contributed by atoms with Crippen molar-refractivity contribution in [2.45, 2.75) is 58.1 Å². The molecule has 0 amide bonds. The van der Waals surface area contributed by atoms with Crippen LogP contribution in [-0.2, 0) is 4.74 Å². The molecule has 2 fully saturated rings. The Morgan fingerprint density at radius 1 is 1.17 bits per heavy atom. The summed E-state index contributed by atoms with van der Waals surface area (Å²) < 4.78 is 5.51. The number of aliphatic hydroxyl groups excluding tert-OH is 1. The van der Waals surface area contributed by atoms with Gasteiger partial charge in [-0.3, -0.25) is 0 Å². The number of ether oxygens (including phenoxy) is 1. The Morgan fingerprint density at radius 3 is 2.61 bits per heavy atom. The zero-order chi connectivity index (χ0) is 13.0. The molecular formula is C15H29NO2. The topological polar surface area (TPSA) is 41.5 Å². The number of nitrogens with one attached hydrogen (secondary N) is 1. The van der Waals surface area contributed by atoms with E-state index in [9.17, 15) is 5.11 Å². The molecule has 18 heavy (non-hydrogen) atoms. The summed E-state index contributed by atoms with van der Waals surface area (Å²) in [6.45, 7) is 6.70. The molecule has 0 aromatic rings. The van der Waals surface area contributed by atoms with Gasteiger partial charge in [-0.15, -0.1) is 0 Å². The van der Waals surface area contributed by atoms with E-state index in [1.165, 1.54) is 32.1 Å². The SMILES string of the molecule is CC1CCC(NCC(O)COCC2CC2)CC1C. The van der Waals surface area contributed by atoms with Gasteiger partial charge in [-0.1, -0.05) is 13.8 Å².